The van der Waals surface area contributed by atoms with E-state index >= 15 is 0 Å². The van der Waals surface area contributed by atoms with Crippen LogP contribution in [-0.4, -0.2) is 45.8 Å². The first-order chi connectivity index (χ1) is 12.0. The lowest BCUT2D eigenvalue weighted by Gasteiger charge is -2.22. The van der Waals surface area contributed by atoms with Gasteiger partial charge in [-0.1, -0.05) is 6.07 Å². The van der Waals surface area contributed by atoms with Gasteiger partial charge in [-0.25, -0.2) is 13.9 Å². The molecule has 0 saturated carbocycles. The van der Waals surface area contributed by atoms with E-state index in [0.29, 0.717) is 24.3 Å². The fraction of sp³-hybridized carbons (Fsp3) is 0.389. The number of aromatic nitrogens is 2. The van der Waals surface area contributed by atoms with Gasteiger partial charge in [0.15, 0.2) is 5.69 Å². The first-order valence-electron chi connectivity index (χ1n) is 8.31. The van der Waals surface area contributed by atoms with Crippen LogP contribution in [0.5, 0.6) is 0 Å². The molecular weight excluding hydrogens is 325 g/mol. The lowest BCUT2D eigenvalue weighted by atomic mass is 10.2. The highest BCUT2D eigenvalue weighted by atomic mass is 19.1. The molecule has 1 aromatic heterocycles. The zero-order valence-electron chi connectivity index (χ0n) is 14.2. The summed E-state index contributed by atoms with van der Waals surface area (Å²) in [4.78, 5) is 26.3. The molecule has 1 atom stereocenters. The van der Waals surface area contributed by atoms with Crippen molar-refractivity contribution in [2.45, 2.75) is 32.7 Å². The number of aryl methyl sites for hydroxylation is 1. The third-order valence-electron chi connectivity index (χ3n) is 4.23. The summed E-state index contributed by atoms with van der Waals surface area (Å²) in [5.41, 5.74) is 1.48. The number of hydrogen-bond donors (Lipinski definition) is 0. The molecule has 1 amide bonds. The Hall–Kier alpha value is -2.70. The summed E-state index contributed by atoms with van der Waals surface area (Å²) in [6.07, 6.45) is 1.34. The number of halogens is 1. The summed E-state index contributed by atoms with van der Waals surface area (Å²) in [5, 5.41) is 4.31. The van der Waals surface area contributed by atoms with Crippen molar-refractivity contribution >= 4 is 11.9 Å². The highest BCUT2D eigenvalue weighted by Crippen LogP contribution is 2.22. The summed E-state index contributed by atoms with van der Waals surface area (Å²) in [5.74, 6) is -1.06. The second kappa shape index (κ2) is 7.04. The van der Waals surface area contributed by atoms with Gasteiger partial charge in [-0.2, -0.15) is 5.10 Å². The number of likely N-dealkylation sites (tertiary alicyclic amines) is 1. The van der Waals surface area contributed by atoms with E-state index in [1.807, 2.05) is 0 Å². The van der Waals surface area contributed by atoms with E-state index in [1.54, 1.807) is 32.0 Å². The Balaban J connectivity index is 1.86. The Kier molecular flexibility index (Phi) is 4.83. The van der Waals surface area contributed by atoms with Gasteiger partial charge in [0, 0.05) is 12.2 Å². The fourth-order valence-corrected chi connectivity index (χ4v) is 3.09. The minimum Gasteiger partial charge on any atom is -0.464 e. The first kappa shape index (κ1) is 17.1. The smallest absolute Gasteiger partial charge is 0.328 e. The molecule has 0 aliphatic carbocycles. The van der Waals surface area contributed by atoms with Gasteiger partial charge in [0.2, 0.25) is 0 Å². The van der Waals surface area contributed by atoms with Crippen molar-refractivity contribution in [2.75, 3.05) is 13.2 Å². The van der Waals surface area contributed by atoms with Gasteiger partial charge in [-0.05, 0) is 51.0 Å². The molecule has 132 valence electrons. The SMILES string of the molecule is CCOC(=O)[C@H]1CCCN1C(=O)c1cc(C)n(-c2cccc(F)c2)n1. The highest BCUT2D eigenvalue weighted by molar-refractivity contribution is 5.95. The van der Waals surface area contributed by atoms with Crippen molar-refractivity contribution in [3.05, 3.63) is 47.5 Å². The van der Waals surface area contributed by atoms with E-state index in [-0.39, 0.29) is 30.0 Å². The second-order valence-corrected chi connectivity index (χ2v) is 5.97. The molecule has 2 heterocycles. The Morgan fingerprint density at radius 1 is 1.36 bits per heavy atom. The molecule has 0 radical (unpaired) electrons. The van der Waals surface area contributed by atoms with E-state index in [0.717, 1.165) is 6.42 Å². The van der Waals surface area contributed by atoms with Crippen LogP contribution in [0.25, 0.3) is 5.69 Å². The number of hydrogen-bond acceptors (Lipinski definition) is 4. The number of rotatable bonds is 4. The third-order valence-corrected chi connectivity index (χ3v) is 4.23. The zero-order chi connectivity index (χ0) is 18.0. The summed E-state index contributed by atoms with van der Waals surface area (Å²) >= 11 is 0. The maximum absolute atomic E-state index is 13.4. The van der Waals surface area contributed by atoms with E-state index < -0.39 is 6.04 Å². The van der Waals surface area contributed by atoms with Crippen LogP contribution in [0, 0.1) is 12.7 Å². The van der Waals surface area contributed by atoms with Crippen molar-refractivity contribution in [1.29, 1.82) is 0 Å². The summed E-state index contributed by atoms with van der Waals surface area (Å²) in [6.45, 7) is 4.31. The molecule has 3 rings (SSSR count). The van der Waals surface area contributed by atoms with Crippen molar-refractivity contribution in [2.24, 2.45) is 0 Å². The molecule has 1 aliphatic heterocycles. The minimum absolute atomic E-state index is 0.234. The minimum atomic E-state index is -0.563. The van der Waals surface area contributed by atoms with Crippen LogP contribution in [0.2, 0.25) is 0 Å². The molecule has 1 fully saturated rings. The van der Waals surface area contributed by atoms with Gasteiger partial charge in [0.1, 0.15) is 11.9 Å². The molecule has 0 unspecified atom stereocenters. The summed E-state index contributed by atoms with van der Waals surface area (Å²) < 4.78 is 20.0. The van der Waals surface area contributed by atoms with E-state index in [1.165, 1.54) is 21.7 Å². The predicted molar refractivity (Wildman–Crippen MR) is 89.0 cm³/mol. The van der Waals surface area contributed by atoms with Crippen LogP contribution in [-0.2, 0) is 9.53 Å². The largest absolute Gasteiger partial charge is 0.464 e. The standard InChI is InChI=1S/C18H20FN3O3/c1-3-25-18(24)16-8-5-9-21(16)17(23)15-10-12(2)22(20-15)14-7-4-6-13(19)11-14/h4,6-7,10-11,16H,3,5,8-9H2,1-2H3/t16-/m1/s1. The van der Waals surface area contributed by atoms with Crippen molar-refractivity contribution < 1.29 is 18.7 Å². The van der Waals surface area contributed by atoms with Crippen LogP contribution in [0.4, 0.5) is 4.39 Å². The van der Waals surface area contributed by atoms with E-state index in [2.05, 4.69) is 5.10 Å². The predicted octanol–water partition coefficient (Wildman–Crippen LogP) is 2.49. The van der Waals surface area contributed by atoms with Crippen LogP contribution in [0.1, 0.15) is 35.9 Å². The van der Waals surface area contributed by atoms with Gasteiger partial charge in [0.25, 0.3) is 5.91 Å². The molecule has 6 nitrogen and oxygen atoms in total. The molecule has 1 aliphatic rings. The molecule has 25 heavy (non-hydrogen) atoms. The Bertz CT molecular complexity index is 803. The number of ether oxygens (including phenoxy) is 1. The molecule has 0 N–H and O–H groups in total. The topological polar surface area (TPSA) is 64.4 Å². The van der Waals surface area contributed by atoms with Crippen LogP contribution >= 0.6 is 0 Å². The van der Waals surface area contributed by atoms with Crippen molar-refractivity contribution in [3.63, 3.8) is 0 Å². The normalized spacial score (nSPS) is 16.9. The average molecular weight is 345 g/mol. The summed E-state index contributed by atoms with van der Waals surface area (Å²) in [7, 11) is 0. The number of benzene rings is 1. The van der Waals surface area contributed by atoms with E-state index in [4.69, 9.17) is 4.74 Å². The third kappa shape index (κ3) is 3.40. The quantitative estimate of drug-likeness (QED) is 0.799. The van der Waals surface area contributed by atoms with Gasteiger partial charge in [0.05, 0.1) is 12.3 Å². The molecule has 2 aromatic rings. The number of carbonyl (C=O) groups is 2. The van der Waals surface area contributed by atoms with E-state index in [9.17, 15) is 14.0 Å². The molecule has 0 bridgehead atoms. The van der Waals surface area contributed by atoms with Crippen LogP contribution in [0.15, 0.2) is 30.3 Å². The lowest BCUT2D eigenvalue weighted by Crippen LogP contribution is -2.41. The van der Waals surface area contributed by atoms with Crippen LogP contribution < -0.4 is 0 Å². The second-order valence-electron chi connectivity index (χ2n) is 5.97. The average Bonchev–Trinajstić information content (AvgIpc) is 3.21. The van der Waals surface area contributed by atoms with Gasteiger partial charge in [-0.15, -0.1) is 0 Å². The fourth-order valence-electron chi connectivity index (χ4n) is 3.09. The number of carbonyl (C=O) groups excluding carboxylic acids is 2. The number of amides is 1. The number of nitrogens with zero attached hydrogens (tertiary/aromatic N) is 3. The summed E-state index contributed by atoms with van der Waals surface area (Å²) in [6, 6.07) is 7.09. The van der Waals surface area contributed by atoms with Gasteiger partial charge >= 0.3 is 5.97 Å². The van der Waals surface area contributed by atoms with Gasteiger partial charge < -0.3 is 9.64 Å². The number of esters is 1. The molecule has 1 aromatic carbocycles. The first-order valence-corrected chi connectivity index (χ1v) is 8.31. The molecular formula is C18H20FN3O3. The van der Waals surface area contributed by atoms with Crippen molar-refractivity contribution in [3.8, 4) is 5.69 Å². The monoisotopic (exact) mass is 345 g/mol. The Morgan fingerprint density at radius 3 is 2.88 bits per heavy atom. The Morgan fingerprint density at radius 2 is 2.16 bits per heavy atom. The Labute approximate surface area is 145 Å². The maximum Gasteiger partial charge on any atom is 0.328 e. The van der Waals surface area contributed by atoms with Crippen LogP contribution in [0.3, 0.4) is 0 Å². The highest BCUT2D eigenvalue weighted by Gasteiger charge is 2.36. The molecule has 0 spiro atoms. The lowest BCUT2D eigenvalue weighted by molar-refractivity contribution is -0.147. The van der Waals surface area contributed by atoms with Crippen molar-refractivity contribution in [1.82, 2.24) is 14.7 Å². The molecule has 7 heteroatoms. The van der Waals surface area contributed by atoms with Gasteiger partial charge in [-0.3, -0.25) is 4.79 Å². The zero-order valence-corrected chi connectivity index (χ0v) is 14.2. The molecule has 1 saturated heterocycles. The maximum atomic E-state index is 13.4.